The zero-order valence-electron chi connectivity index (χ0n) is 18.3. The lowest BCUT2D eigenvalue weighted by Gasteiger charge is -2.13. The van der Waals surface area contributed by atoms with Crippen LogP contribution in [0.5, 0.6) is 0 Å². The molecule has 0 aliphatic heterocycles. The van der Waals surface area contributed by atoms with Crippen LogP contribution in [0.25, 0.3) is 11.1 Å². The van der Waals surface area contributed by atoms with E-state index in [2.05, 4.69) is 30.2 Å². The molecular formula is C25H20FN3O3S2. The Balaban J connectivity index is 1.61. The van der Waals surface area contributed by atoms with Crippen molar-refractivity contribution in [2.45, 2.75) is 28.9 Å². The Labute approximate surface area is 204 Å². The van der Waals surface area contributed by atoms with Crippen LogP contribution in [-0.4, -0.2) is 15.8 Å². The van der Waals surface area contributed by atoms with Crippen LogP contribution in [0.3, 0.4) is 0 Å². The number of thiophene rings is 1. The van der Waals surface area contributed by atoms with Crippen LogP contribution in [0.2, 0.25) is 0 Å². The van der Waals surface area contributed by atoms with Crippen LogP contribution in [0.4, 0.5) is 15.8 Å². The largest absolute Gasteiger partial charge is 0.321 e. The van der Waals surface area contributed by atoms with Gasteiger partial charge in [-0.25, -0.2) is 4.39 Å². The second kappa shape index (κ2) is 10.1. The third kappa shape index (κ3) is 5.32. The van der Waals surface area contributed by atoms with Crippen molar-refractivity contribution in [1.29, 1.82) is 0 Å². The first kappa shape index (κ1) is 23.6. The maximum Gasteiger partial charge on any atom is 0.294 e. The number of amides is 1. The van der Waals surface area contributed by atoms with Gasteiger partial charge in [0.05, 0.1) is 4.92 Å². The predicted octanol–water partition coefficient (Wildman–Crippen LogP) is 7.38. The standard InChI is InChI=1S/C25H20FN3O3S2/c1-15(2)20-5-3-4-6-21(20)16-11-19(14-27-13-16)33-25-22(29(31)32)12-23(34-25)24(30)28-18-9-7-17(26)8-10-18/h3-15H,1-2H3,(H,28,30). The van der Waals surface area contributed by atoms with Gasteiger partial charge in [-0.1, -0.05) is 49.9 Å². The maximum absolute atomic E-state index is 13.1. The molecule has 0 bridgehead atoms. The summed E-state index contributed by atoms with van der Waals surface area (Å²) in [5, 5.41) is 14.3. The molecule has 0 saturated carbocycles. The van der Waals surface area contributed by atoms with Crippen molar-refractivity contribution < 1.29 is 14.1 Å². The van der Waals surface area contributed by atoms with Crippen molar-refractivity contribution in [2.75, 3.05) is 5.32 Å². The molecule has 9 heteroatoms. The molecule has 2 heterocycles. The highest BCUT2D eigenvalue weighted by molar-refractivity contribution is 8.01. The maximum atomic E-state index is 13.1. The van der Waals surface area contributed by atoms with Gasteiger partial charge in [0, 0.05) is 34.6 Å². The topological polar surface area (TPSA) is 85.1 Å². The number of rotatable bonds is 7. The van der Waals surface area contributed by atoms with Crippen molar-refractivity contribution >= 4 is 40.4 Å². The minimum absolute atomic E-state index is 0.146. The zero-order valence-corrected chi connectivity index (χ0v) is 20.0. The van der Waals surface area contributed by atoms with Crippen molar-refractivity contribution in [3.05, 3.63) is 99.4 Å². The fourth-order valence-corrected chi connectivity index (χ4v) is 5.62. The third-order valence-electron chi connectivity index (χ3n) is 5.02. The fourth-order valence-electron chi connectivity index (χ4n) is 3.40. The SMILES string of the molecule is CC(C)c1ccccc1-c1cncc(Sc2sc(C(=O)Nc3ccc(F)cc3)cc2[N+](=O)[O-])c1. The number of aromatic nitrogens is 1. The smallest absolute Gasteiger partial charge is 0.294 e. The number of hydrogen-bond donors (Lipinski definition) is 1. The second-order valence-electron chi connectivity index (χ2n) is 7.75. The molecule has 0 unspecified atom stereocenters. The molecule has 0 saturated heterocycles. The Kier molecular flexibility index (Phi) is 7.04. The number of carbonyl (C=O) groups is 1. The quantitative estimate of drug-likeness (QED) is 0.214. The van der Waals surface area contributed by atoms with Crippen LogP contribution in [0, 0.1) is 15.9 Å². The highest BCUT2D eigenvalue weighted by Gasteiger charge is 2.24. The van der Waals surface area contributed by atoms with Gasteiger partial charge in [-0.05, 0) is 47.4 Å². The molecule has 0 aliphatic rings. The molecule has 6 nitrogen and oxygen atoms in total. The van der Waals surface area contributed by atoms with Crippen LogP contribution >= 0.6 is 23.1 Å². The van der Waals surface area contributed by atoms with Crippen molar-refractivity contribution in [2.24, 2.45) is 0 Å². The molecule has 0 fully saturated rings. The molecule has 34 heavy (non-hydrogen) atoms. The van der Waals surface area contributed by atoms with Crippen molar-refractivity contribution in [3.8, 4) is 11.1 Å². The molecule has 172 valence electrons. The van der Waals surface area contributed by atoms with Crippen molar-refractivity contribution in [1.82, 2.24) is 4.98 Å². The van der Waals surface area contributed by atoms with Crippen molar-refractivity contribution in [3.63, 3.8) is 0 Å². The van der Waals surface area contributed by atoms with Gasteiger partial charge in [-0.2, -0.15) is 0 Å². The summed E-state index contributed by atoms with van der Waals surface area (Å²) in [7, 11) is 0. The van der Waals surface area contributed by atoms with E-state index in [1.54, 1.807) is 12.4 Å². The van der Waals surface area contributed by atoms with Crippen LogP contribution in [0.15, 0.2) is 82.2 Å². The normalized spacial score (nSPS) is 10.9. The summed E-state index contributed by atoms with van der Waals surface area (Å²) in [5.74, 6) is -0.590. The Bertz CT molecular complexity index is 1350. The number of nitro groups is 1. The lowest BCUT2D eigenvalue weighted by molar-refractivity contribution is -0.387. The Morgan fingerprint density at radius 2 is 1.85 bits per heavy atom. The van der Waals surface area contributed by atoms with Crippen LogP contribution < -0.4 is 5.32 Å². The van der Waals surface area contributed by atoms with E-state index in [-0.39, 0.29) is 10.6 Å². The van der Waals surface area contributed by atoms with Gasteiger partial charge in [0.1, 0.15) is 14.9 Å². The van der Waals surface area contributed by atoms with E-state index in [0.717, 1.165) is 27.4 Å². The number of nitrogens with zero attached hydrogens (tertiary/aromatic N) is 2. The number of halogens is 1. The fraction of sp³-hybridized carbons (Fsp3) is 0.120. The van der Waals surface area contributed by atoms with Gasteiger partial charge in [0.25, 0.3) is 11.6 Å². The third-order valence-corrected chi connectivity index (χ3v) is 7.29. The summed E-state index contributed by atoms with van der Waals surface area (Å²) in [6, 6.07) is 16.6. The molecule has 0 radical (unpaired) electrons. The second-order valence-corrected chi connectivity index (χ2v) is 10.1. The highest BCUT2D eigenvalue weighted by atomic mass is 32.2. The van der Waals surface area contributed by atoms with Gasteiger partial charge in [-0.15, -0.1) is 11.3 Å². The molecule has 0 atom stereocenters. The van der Waals surface area contributed by atoms with Gasteiger partial charge in [0.15, 0.2) is 0 Å². The number of carbonyl (C=O) groups excluding carboxylic acids is 1. The van der Waals surface area contributed by atoms with Gasteiger partial charge < -0.3 is 5.32 Å². The van der Waals surface area contributed by atoms with E-state index >= 15 is 0 Å². The average Bonchev–Trinajstić information content (AvgIpc) is 3.25. The van der Waals surface area contributed by atoms with Gasteiger partial charge in [0.2, 0.25) is 0 Å². The molecule has 2 aromatic carbocycles. The minimum Gasteiger partial charge on any atom is -0.321 e. The average molecular weight is 494 g/mol. The molecular weight excluding hydrogens is 473 g/mol. The molecule has 0 aliphatic carbocycles. The first-order valence-corrected chi connectivity index (χ1v) is 12.0. The van der Waals surface area contributed by atoms with Crippen LogP contribution in [-0.2, 0) is 0 Å². The number of nitrogens with one attached hydrogen (secondary N) is 1. The molecule has 0 spiro atoms. The number of anilines is 1. The number of hydrogen-bond acceptors (Lipinski definition) is 6. The van der Waals surface area contributed by atoms with Gasteiger partial charge in [-0.3, -0.25) is 19.9 Å². The Morgan fingerprint density at radius 1 is 1.12 bits per heavy atom. The summed E-state index contributed by atoms with van der Waals surface area (Å²) in [4.78, 5) is 29.1. The first-order valence-electron chi connectivity index (χ1n) is 10.4. The van der Waals surface area contributed by atoms with Gasteiger partial charge >= 0.3 is 0 Å². The minimum atomic E-state index is -0.501. The zero-order chi connectivity index (χ0) is 24.2. The Morgan fingerprint density at radius 3 is 2.56 bits per heavy atom. The van der Waals surface area contributed by atoms with E-state index in [0.29, 0.717) is 15.8 Å². The van der Waals surface area contributed by atoms with E-state index in [9.17, 15) is 19.3 Å². The molecule has 1 N–H and O–H groups in total. The number of benzene rings is 2. The van der Waals surface area contributed by atoms with Crippen LogP contribution in [0.1, 0.15) is 35.0 Å². The molecule has 4 rings (SSSR count). The summed E-state index contributed by atoms with van der Waals surface area (Å²) >= 11 is 2.23. The summed E-state index contributed by atoms with van der Waals surface area (Å²) in [6.07, 6.45) is 3.42. The van der Waals surface area contributed by atoms with E-state index < -0.39 is 16.6 Å². The number of pyridine rings is 1. The van der Waals surface area contributed by atoms with E-state index in [4.69, 9.17) is 0 Å². The molecule has 1 amide bonds. The highest BCUT2D eigenvalue weighted by Crippen LogP contribution is 2.42. The lowest BCUT2D eigenvalue weighted by atomic mass is 9.93. The monoisotopic (exact) mass is 493 g/mol. The van der Waals surface area contributed by atoms with E-state index in [1.807, 2.05) is 24.3 Å². The lowest BCUT2D eigenvalue weighted by Crippen LogP contribution is -2.09. The summed E-state index contributed by atoms with van der Waals surface area (Å²) in [5.41, 5.74) is 3.42. The summed E-state index contributed by atoms with van der Waals surface area (Å²) < 4.78 is 13.5. The predicted molar refractivity (Wildman–Crippen MR) is 133 cm³/mol. The Hall–Kier alpha value is -3.56. The summed E-state index contributed by atoms with van der Waals surface area (Å²) in [6.45, 7) is 4.25. The van der Waals surface area contributed by atoms with E-state index in [1.165, 1.54) is 47.7 Å². The molecule has 2 aromatic heterocycles. The first-order chi connectivity index (χ1) is 16.3. The molecule has 4 aromatic rings.